The zero-order chi connectivity index (χ0) is 21.1. The predicted octanol–water partition coefficient (Wildman–Crippen LogP) is 4.59. The highest BCUT2D eigenvalue weighted by atomic mass is 16.5. The molecule has 0 bridgehead atoms. The van der Waals surface area contributed by atoms with Crippen LogP contribution in [-0.4, -0.2) is 29.7 Å². The molecule has 4 rings (SSSR count). The Morgan fingerprint density at radius 3 is 2.73 bits per heavy atom. The molecule has 1 N–H and O–H groups in total. The Morgan fingerprint density at radius 1 is 1.13 bits per heavy atom. The van der Waals surface area contributed by atoms with Crippen LogP contribution >= 0.6 is 0 Å². The molecular formula is C24H26N2O4. The average Bonchev–Trinajstić information content (AvgIpc) is 3.19. The van der Waals surface area contributed by atoms with Gasteiger partial charge in [0.25, 0.3) is 5.91 Å². The first kappa shape index (κ1) is 20.1. The lowest BCUT2D eigenvalue weighted by atomic mass is 9.78. The number of fused-ring (bicyclic) bond motifs is 1. The first-order chi connectivity index (χ1) is 14.5. The SMILES string of the molecule is C[C@@H]1[C@H](C)CCC[C@@H]1NC(=O)COC(=O)c1ccc2noc(-c3ccccc3)c2c1. The van der Waals surface area contributed by atoms with Crippen molar-refractivity contribution in [3.8, 4) is 11.3 Å². The highest BCUT2D eigenvalue weighted by molar-refractivity contribution is 5.99. The highest BCUT2D eigenvalue weighted by Crippen LogP contribution is 2.30. The summed E-state index contributed by atoms with van der Waals surface area (Å²) in [6, 6.07) is 14.8. The van der Waals surface area contributed by atoms with Crippen molar-refractivity contribution in [1.82, 2.24) is 10.5 Å². The van der Waals surface area contributed by atoms with Gasteiger partial charge in [0.05, 0.1) is 10.9 Å². The van der Waals surface area contributed by atoms with Crippen LogP contribution in [-0.2, 0) is 9.53 Å². The largest absolute Gasteiger partial charge is 0.452 e. The van der Waals surface area contributed by atoms with E-state index in [0.29, 0.717) is 28.7 Å². The number of rotatable bonds is 5. The number of hydrogen-bond donors (Lipinski definition) is 1. The van der Waals surface area contributed by atoms with Gasteiger partial charge in [-0.1, -0.05) is 62.2 Å². The fraction of sp³-hybridized carbons (Fsp3) is 0.375. The number of ether oxygens (including phenoxy) is 1. The lowest BCUT2D eigenvalue weighted by Crippen LogP contribution is -2.45. The van der Waals surface area contributed by atoms with Crippen LogP contribution in [0.25, 0.3) is 22.2 Å². The molecule has 1 fully saturated rings. The monoisotopic (exact) mass is 406 g/mol. The van der Waals surface area contributed by atoms with E-state index in [4.69, 9.17) is 9.26 Å². The third-order valence-electron chi connectivity index (χ3n) is 6.14. The number of aromatic nitrogens is 1. The molecule has 0 aliphatic heterocycles. The Morgan fingerprint density at radius 2 is 1.93 bits per heavy atom. The zero-order valence-corrected chi connectivity index (χ0v) is 17.3. The number of benzene rings is 2. The predicted molar refractivity (Wildman–Crippen MR) is 114 cm³/mol. The molecular weight excluding hydrogens is 380 g/mol. The van der Waals surface area contributed by atoms with Gasteiger partial charge in [-0.3, -0.25) is 4.79 Å². The van der Waals surface area contributed by atoms with E-state index in [1.807, 2.05) is 30.3 Å². The van der Waals surface area contributed by atoms with Gasteiger partial charge in [-0.2, -0.15) is 0 Å². The lowest BCUT2D eigenvalue weighted by Gasteiger charge is -2.34. The van der Waals surface area contributed by atoms with Crippen molar-refractivity contribution in [3.05, 3.63) is 54.1 Å². The second-order valence-corrected chi connectivity index (χ2v) is 8.13. The number of esters is 1. The van der Waals surface area contributed by atoms with Crippen molar-refractivity contribution in [2.45, 2.75) is 39.2 Å². The van der Waals surface area contributed by atoms with Gasteiger partial charge in [-0.05, 0) is 36.5 Å². The molecule has 0 saturated heterocycles. The minimum absolute atomic E-state index is 0.140. The fourth-order valence-corrected chi connectivity index (χ4v) is 4.11. The number of carbonyl (C=O) groups excluding carboxylic acids is 2. The molecule has 1 aliphatic rings. The maximum absolute atomic E-state index is 12.5. The summed E-state index contributed by atoms with van der Waals surface area (Å²) in [6.07, 6.45) is 3.27. The minimum Gasteiger partial charge on any atom is -0.452 e. The highest BCUT2D eigenvalue weighted by Gasteiger charge is 2.28. The Kier molecular flexibility index (Phi) is 5.84. The molecule has 1 saturated carbocycles. The molecule has 1 heterocycles. The third-order valence-corrected chi connectivity index (χ3v) is 6.14. The molecule has 3 aromatic rings. The maximum Gasteiger partial charge on any atom is 0.338 e. The molecule has 156 valence electrons. The standard InChI is InChI=1S/C24H26N2O4/c1-15-7-6-10-20(16(15)2)25-22(27)14-29-24(28)18-11-12-21-19(13-18)23(30-26-21)17-8-4-3-5-9-17/h3-5,8-9,11-13,15-16,20H,6-7,10,14H2,1-2H3,(H,25,27)/t15-,16-,20+/m1/s1. The first-order valence-corrected chi connectivity index (χ1v) is 10.4. The molecule has 1 aromatic heterocycles. The van der Waals surface area contributed by atoms with Crippen LogP contribution < -0.4 is 5.32 Å². The summed E-state index contributed by atoms with van der Waals surface area (Å²) in [7, 11) is 0. The smallest absolute Gasteiger partial charge is 0.338 e. The van der Waals surface area contributed by atoms with Gasteiger partial charge >= 0.3 is 5.97 Å². The second kappa shape index (κ2) is 8.69. The van der Waals surface area contributed by atoms with Crippen LogP contribution in [0.1, 0.15) is 43.5 Å². The zero-order valence-electron chi connectivity index (χ0n) is 17.3. The van der Waals surface area contributed by atoms with Crippen LogP contribution in [0.15, 0.2) is 53.1 Å². The Bertz CT molecular complexity index is 1040. The van der Waals surface area contributed by atoms with Crippen LogP contribution in [0.3, 0.4) is 0 Å². The molecule has 1 amide bonds. The van der Waals surface area contributed by atoms with Crippen molar-refractivity contribution in [3.63, 3.8) is 0 Å². The van der Waals surface area contributed by atoms with Crippen LogP contribution in [0.5, 0.6) is 0 Å². The Labute approximate surface area is 175 Å². The van der Waals surface area contributed by atoms with E-state index in [-0.39, 0.29) is 18.6 Å². The molecule has 3 atom stereocenters. The van der Waals surface area contributed by atoms with Gasteiger partial charge in [0.15, 0.2) is 12.4 Å². The van der Waals surface area contributed by atoms with Crippen molar-refractivity contribution in [2.24, 2.45) is 11.8 Å². The quantitative estimate of drug-likeness (QED) is 0.627. The summed E-state index contributed by atoms with van der Waals surface area (Å²) < 4.78 is 10.7. The summed E-state index contributed by atoms with van der Waals surface area (Å²) in [6.45, 7) is 4.09. The number of amides is 1. The molecule has 0 unspecified atom stereocenters. The summed E-state index contributed by atoms with van der Waals surface area (Å²) >= 11 is 0. The molecule has 2 aromatic carbocycles. The van der Waals surface area contributed by atoms with E-state index in [2.05, 4.69) is 24.3 Å². The first-order valence-electron chi connectivity index (χ1n) is 10.4. The number of hydrogen-bond acceptors (Lipinski definition) is 5. The molecule has 6 nitrogen and oxygen atoms in total. The normalized spacial score (nSPS) is 21.3. The number of nitrogens with one attached hydrogen (secondary N) is 1. The van der Waals surface area contributed by atoms with Crippen molar-refractivity contribution in [1.29, 1.82) is 0 Å². The maximum atomic E-state index is 12.5. The lowest BCUT2D eigenvalue weighted by molar-refractivity contribution is -0.125. The fourth-order valence-electron chi connectivity index (χ4n) is 4.11. The van der Waals surface area contributed by atoms with Crippen LogP contribution in [0.2, 0.25) is 0 Å². The summed E-state index contributed by atoms with van der Waals surface area (Å²) in [5.41, 5.74) is 1.89. The Hall–Kier alpha value is -3.15. The van der Waals surface area contributed by atoms with E-state index in [0.717, 1.165) is 23.8 Å². The van der Waals surface area contributed by atoms with E-state index in [9.17, 15) is 9.59 Å². The molecule has 0 radical (unpaired) electrons. The van der Waals surface area contributed by atoms with Gasteiger partial charge in [-0.15, -0.1) is 0 Å². The van der Waals surface area contributed by atoms with Gasteiger partial charge in [0.1, 0.15) is 5.52 Å². The van der Waals surface area contributed by atoms with Crippen molar-refractivity contribution in [2.75, 3.05) is 6.61 Å². The van der Waals surface area contributed by atoms with Crippen LogP contribution in [0.4, 0.5) is 0 Å². The minimum atomic E-state index is -0.544. The number of nitrogens with zero attached hydrogens (tertiary/aromatic N) is 1. The molecule has 6 heteroatoms. The number of carbonyl (C=O) groups is 2. The van der Waals surface area contributed by atoms with Gasteiger partial charge < -0.3 is 14.6 Å². The van der Waals surface area contributed by atoms with Gasteiger partial charge in [0, 0.05) is 11.6 Å². The van der Waals surface area contributed by atoms with E-state index >= 15 is 0 Å². The summed E-state index contributed by atoms with van der Waals surface area (Å²) in [5, 5.41) is 7.80. The second-order valence-electron chi connectivity index (χ2n) is 8.13. The summed E-state index contributed by atoms with van der Waals surface area (Å²) in [5.74, 6) is 0.799. The Balaban J connectivity index is 1.41. The molecule has 30 heavy (non-hydrogen) atoms. The van der Waals surface area contributed by atoms with Crippen molar-refractivity contribution >= 4 is 22.8 Å². The van der Waals surface area contributed by atoms with Gasteiger partial charge in [0.2, 0.25) is 0 Å². The van der Waals surface area contributed by atoms with E-state index in [1.165, 1.54) is 6.42 Å². The summed E-state index contributed by atoms with van der Waals surface area (Å²) in [4.78, 5) is 24.8. The van der Waals surface area contributed by atoms with E-state index < -0.39 is 5.97 Å². The third kappa shape index (κ3) is 4.22. The molecule has 1 aliphatic carbocycles. The van der Waals surface area contributed by atoms with Crippen LogP contribution in [0, 0.1) is 11.8 Å². The molecule has 0 spiro atoms. The van der Waals surface area contributed by atoms with E-state index in [1.54, 1.807) is 18.2 Å². The topological polar surface area (TPSA) is 81.4 Å². The average molecular weight is 406 g/mol. The van der Waals surface area contributed by atoms with Crippen molar-refractivity contribution < 1.29 is 18.8 Å². The van der Waals surface area contributed by atoms with Gasteiger partial charge in [-0.25, -0.2) is 4.79 Å².